The summed E-state index contributed by atoms with van der Waals surface area (Å²) in [5, 5.41) is 19.2. The normalized spacial score (nSPS) is 14.2. The molecule has 0 saturated carbocycles. The Bertz CT molecular complexity index is 569. The van der Waals surface area contributed by atoms with E-state index in [4.69, 9.17) is 9.52 Å². The van der Waals surface area contributed by atoms with Crippen molar-refractivity contribution in [3.05, 3.63) is 58.0 Å². The lowest BCUT2D eigenvalue weighted by molar-refractivity contribution is 0.0601. The lowest BCUT2D eigenvalue weighted by atomic mass is 9.94. The summed E-state index contributed by atoms with van der Waals surface area (Å²) in [4.78, 5) is 10.7. The molecule has 1 aromatic heterocycles. The summed E-state index contributed by atoms with van der Waals surface area (Å²) >= 11 is 3.31. The minimum Gasteiger partial charge on any atom is -0.475 e. The van der Waals surface area contributed by atoms with Gasteiger partial charge >= 0.3 is 5.97 Å². The van der Waals surface area contributed by atoms with Crippen molar-refractivity contribution < 1.29 is 19.4 Å². The molecule has 2 aromatic rings. The Hall–Kier alpha value is -1.59. The highest BCUT2D eigenvalue weighted by Crippen LogP contribution is 2.31. The first-order valence-electron chi connectivity index (χ1n) is 5.23. The molecule has 2 rings (SSSR count). The van der Waals surface area contributed by atoms with E-state index < -0.39 is 11.6 Å². The molecule has 1 aromatic carbocycles. The highest BCUT2D eigenvalue weighted by molar-refractivity contribution is 9.10. The van der Waals surface area contributed by atoms with Crippen molar-refractivity contribution in [3.8, 4) is 0 Å². The molecule has 1 unspecified atom stereocenters. The van der Waals surface area contributed by atoms with E-state index in [0.717, 1.165) is 4.47 Å². The summed E-state index contributed by atoms with van der Waals surface area (Å²) in [5.74, 6) is -1.16. The van der Waals surface area contributed by atoms with E-state index in [-0.39, 0.29) is 11.5 Å². The average molecular weight is 311 g/mol. The van der Waals surface area contributed by atoms with E-state index in [1.165, 1.54) is 12.1 Å². The molecule has 0 spiro atoms. The van der Waals surface area contributed by atoms with Crippen LogP contribution in [-0.2, 0) is 5.60 Å². The molecular formula is C13H11BrO4. The van der Waals surface area contributed by atoms with Crippen molar-refractivity contribution in [1.29, 1.82) is 0 Å². The summed E-state index contributed by atoms with van der Waals surface area (Å²) in [6.07, 6.45) is 0. The van der Waals surface area contributed by atoms with E-state index in [1.54, 1.807) is 31.2 Å². The molecule has 0 aliphatic heterocycles. The third kappa shape index (κ3) is 2.32. The third-order valence-electron chi connectivity index (χ3n) is 2.70. The molecule has 1 heterocycles. The fourth-order valence-corrected chi connectivity index (χ4v) is 1.90. The molecule has 0 radical (unpaired) electrons. The van der Waals surface area contributed by atoms with Crippen molar-refractivity contribution in [1.82, 2.24) is 0 Å². The Morgan fingerprint density at radius 1 is 1.22 bits per heavy atom. The quantitative estimate of drug-likeness (QED) is 0.914. The van der Waals surface area contributed by atoms with Crippen LogP contribution in [0, 0.1) is 0 Å². The standard InChI is InChI=1S/C13H11BrO4/c1-13(17,8-2-4-9(14)5-3-8)11-7-6-10(18-11)12(15)16/h2-7,17H,1H3,(H,15,16). The first kappa shape index (κ1) is 12.9. The molecule has 0 saturated heterocycles. The number of benzene rings is 1. The smallest absolute Gasteiger partial charge is 0.371 e. The average Bonchev–Trinajstić information content (AvgIpc) is 2.79. The lowest BCUT2D eigenvalue weighted by Crippen LogP contribution is -2.21. The fourth-order valence-electron chi connectivity index (χ4n) is 1.63. The van der Waals surface area contributed by atoms with Gasteiger partial charge < -0.3 is 14.6 Å². The Kier molecular flexibility index (Phi) is 3.28. The third-order valence-corrected chi connectivity index (χ3v) is 3.23. The summed E-state index contributed by atoms with van der Waals surface area (Å²) < 4.78 is 6.03. The van der Waals surface area contributed by atoms with E-state index in [0.29, 0.717) is 5.56 Å². The van der Waals surface area contributed by atoms with Gasteiger partial charge in [-0.3, -0.25) is 0 Å². The van der Waals surface area contributed by atoms with Crippen LogP contribution in [0.4, 0.5) is 0 Å². The summed E-state index contributed by atoms with van der Waals surface area (Å²) in [7, 11) is 0. The van der Waals surface area contributed by atoms with Gasteiger partial charge in [0.05, 0.1) is 0 Å². The number of hydrogen-bond acceptors (Lipinski definition) is 3. The minimum absolute atomic E-state index is 0.192. The van der Waals surface area contributed by atoms with Gasteiger partial charge in [0.25, 0.3) is 0 Å². The van der Waals surface area contributed by atoms with Crippen LogP contribution >= 0.6 is 15.9 Å². The van der Waals surface area contributed by atoms with Crippen LogP contribution in [0.3, 0.4) is 0 Å². The van der Waals surface area contributed by atoms with Gasteiger partial charge in [-0.25, -0.2) is 4.79 Å². The lowest BCUT2D eigenvalue weighted by Gasteiger charge is -2.21. The monoisotopic (exact) mass is 310 g/mol. The topological polar surface area (TPSA) is 70.7 Å². The first-order valence-corrected chi connectivity index (χ1v) is 6.02. The number of carboxylic acids is 1. The number of carbonyl (C=O) groups is 1. The number of aromatic carboxylic acids is 1. The maximum Gasteiger partial charge on any atom is 0.371 e. The van der Waals surface area contributed by atoms with Gasteiger partial charge in [-0.05, 0) is 36.8 Å². The summed E-state index contributed by atoms with van der Waals surface area (Å²) in [6, 6.07) is 9.87. The summed E-state index contributed by atoms with van der Waals surface area (Å²) in [6.45, 7) is 1.56. The van der Waals surface area contributed by atoms with Crippen LogP contribution in [0.15, 0.2) is 45.3 Å². The second-order valence-corrected chi connectivity index (χ2v) is 4.96. The molecule has 18 heavy (non-hydrogen) atoms. The molecular weight excluding hydrogens is 300 g/mol. The van der Waals surface area contributed by atoms with Crippen LogP contribution in [0.1, 0.15) is 28.8 Å². The maximum atomic E-state index is 10.7. The molecule has 4 nitrogen and oxygen atoms in total. The van der Waals surface area contributed by atoms with Gasteiger partial charge in [0.1, 0.15) is 11.4 Å². The van der Waals surface area contributed by atoms with Crippen LogP contribution in [0.2, 0.25) is 0 Å². The van der Waals surface area contributed by atoms with Gasteiger partial charge in [-0.1, -0.05) is 28.1 Å². The molecule has 94 valence electrons. The van der Waals surface area contributed by atoms with E-state index in [2.05, 4.69) is 15.9 Å². The van der Waals surface area contributed by atoms with E-state index in [1.807, 2.05) is 0 Å². The largest absolute Gasteiger partial charge is 0.475 e. The van der Waals surface area contributed by atoms with Gasteiger partial charge in [-0.15, -0.1) is 0 Å². The van der Waals surface area contributed by atoms with E-state index >= 15 is 0 Å². The second kappa shape index (κ2) is 4.59. The van der Waals surface area contributed by atoms with Crippen LogP contribution in [0.25, 0.3) is 0 Å². The zero-order chi connectivity index (χ0) is 13.3. The van der Waals surface area contributed by atoms with Gasteiger partial charge in [0.15, 0.2) is 0 Å². The molecule has 0 bridgehead atoms. The molecule has 5 heteroatoms. The molecule has 0 fully saturated rings. The van der Waals surface area contributed by atoms with Gasteiger partial charge in [-0.2, -0.15) is 0 Å². The number of halogens is 1. The zero-order valence-electron chi connectivity index (χ0n) is 9.55. The predicted molar refractivity (Wildman–Crippen MR) is 68.5 cm³/mol. The van der Waals surface area contributed by atoms with Crippen LogP contribution < -0.4 is 0 Å². The number of aliphatic hydroxyl groups is 1. The SMILES string of the molecule is CC(O)(c1ccc(Br)cc1)c1ccc(C(=O)O)o1. The van der Waals surface area contributed by atoms with Crippen molar-refractivity contribution in [2.24, 2.45) is 0 Å². The molecule has 0 aliphatic rings. The van der Waals surface area contributed by atoms with Crippen molar-refractivity contribution in [3.63, 3.8) is 0 Å². The number of hydrogen-bond donors (Lipinski definition) is 2. The van der Waals surface area contributed by atoms with E-state index in [9.17, 15) is 9.90 Å². The maximum absolute atomic E-state index is 10.7. The highest BCUT2D eigenvalue weighted by Gasteiger charge is 2.30. The van der Waals surface area contributed by atoms with Crippen LogP contribution in [-0.4, -0.2) is 16.2 Å². The van der Waals surface area contributed by atoms with Crippen molar-refractivity contribution in [2.45, 2.75) is 12.5 Å². The molecule has 2 N–H and O–H groups in total. The molecule has 0 amide bonds. The summed E-state index contributed by atoms with van der Waals surface area (Å²) in [5.41, 5.74) is -0.744. The minimum atomic E-state index is -1.37. The number of carboxylic acid groups (broad SMARTS) is 1. The fraction of sp³-hybridized carbons (Fsp3) is 0.154. The Morgan fingerprint density at radius 2 is 1.83 bits per heavy atom. The molecule has 1 atom stereocenters. The number of furan rings is 1. The zero-order valence-corrected chi connectivity index (χ0v) is 11.1. The number of rotatable bonds is 3. The Morgan fingerprint density at radius 3 is 2.33 bits per heavy atom. The van der Waals surface area contributed by atoms with Gasteiger partial charge in [0.2, 0.25) is 5.76 Å². The molecule has 0 aliphatic carbocycles. The van der Waals surface area contributed by atoms with Crippen molar-refractivity contribution in [2.75, 3.05) is 0 Å². The Balaban J connectivity index is 2.40. The second-order valence-electron chi connectivity index (χ2n) is 4.05. The first-order chi connectivity index (χ1) is 8.41. The highest BCUT2D eigenvalue weighted by atomic mass is 79.9. The predicted octanol–water partition coefficient (Wildman–Crippen LogP) is 3.00. The van der Waals surface area contributed by atoms with Gasteiger partial charge in [0, 0.05) is 4.47 Å². The Labute approximate surface area is 112 Å². The van der Waals surface area contributed by atoms with Crippen molar-refractivity contribution >= 4 is 21.9 Å². The van der Waals surface area contributed by atoms with Crippen LogP contribution in [0.5, 0.6) is 0 Å².